The molecule has 2 rings (SSSR count). The monoisotopic (exact) mass is 449 g/mol. The Kier molecular flexibility index (Phi) is 7.89. The van der Waals surface area contributed by atoms with Gasteiger partial charge >= 0.3 is 0 Å². The smallest absolute Gasteiger partial charge is 0.191 e. The first-order valence-corrected chi connectivity index (χ1v) is 8.13. The summed E-state index contributed by atoms with van der Waals surface area (Å²) in [4.78, 5) is 8.81. The second-order valence-corrected chi connectivity index (χ2v) is 6.27. The summed E-state index contributed by atoms with van der Waals surface area (Å²) in [6.07, 6.45) is 0. The van der Waals surface area contributed by atoms with Crippen molar-refractivity contribution in [1.29, 1.82) is 0 Å². The zero-order valence-corrected chi connectivity index (χ0v) is 17.3. The fraction of sp³-hybridized carbons (Fsp3) is 0.571. The van der Waals surface area contributed by atoms with Crippen LogP contribution in [0.4, 0.5) is 0 Å². The van der Waals surface area contributed by atoms with Crippen molar-refractivity contribution < 1.29 is 0 Å². The predicted molar refractivity (Wildman–Crippen MR) is 104 cm³/mol. The number of aliphatic imine (C=N–C) groups is 1. The van der Waals surface area contributed by atoms with Crippen LogP contribution in [0, 0.1) is 6.92 Å². The van der Waals surface area contributed by atoms with Crippen LogP contribution in [0.1, 0.15) is 42.1 Å². The molecule has 0 aliphatic heterocycles. The molecule has 0 unspecified atom stereocenters. The Balaban J connectivity index is 0.00000264. The van der Waals surface area contributed by atoms with Crippen molar-refractivity contribution >= 4 is 41.3 Å². The van der Waals surface area contributed by atoms with Gasteiger partial charge in [-0.25, -0.2) is 4.98 Å². The maximum atomic E-state index is 4.60. The van der Waals surface area contributed by atoms with Crippen LogP contribution in [0.25, 0.3) is 0 Å². The van der Waals surface area contributed by atoms with Crippen LogP contribution in [0.2, 0.25) is 0 Å². The van der Waals surface area contributed by atoms with Gasteiger partial charge in [0.2, 0.25) is 0 Å². The van der Waals surface area contributed by atoms with Gasteiger partial charge in [-0.05, 0) is 12.8 Å². The zero-order valence-electron chi connectivity index (χ0n) is 14.1. The van der Waals surface area contributed by atoms with E-state index in [1.165, 1.54) is 0 Å². The lowest BCUT2D eigenvalue weighted by molar-refractivity contribution is 0.716. The minimum absolute atomic E-state index is 0. The number of guanidine groups is 1. The number of nitrogens with one attached hydrogen (secondary N) is 2. The van der Waals surface area contributed by atoms with Gasteiger partial charge in [0.1, 0.15) is 10.8 Å². The van der Waals surface area contributed by atoms with Gasteiger partial charge in [0, 0.05) is 19.5 Å². The van der Waals surface area contributed by atoms with Gasteiger partial charge < -0.3 is 15.2 Å². The highest BCUT2D eigenvalue weighted by molar-refractivity contribution is 14.0. The van der Waals surface area contributed by atoms with Crippen LogP contribution < -0.4 is 10.6 Å². The summed E-state index contributed by atoms with van der Waals surface area (Å²) in [7, 11) is 3.70. The van der Waals surface area contributed by atoms with Gasteiger partial charge in [-0.1, -0.05) is 13.8 Å². The van der Waals surface area contributed by atoms with E-state index < -0.39 is 0 Å². The number of hydrogen-bond acceptors (Lipinski definition) is 5. The highest BCUT2D eigenvalue weighted by atomic mass is 127. The Morgan fingerprint density at radius 1 is 1.30 bits per heavy atom. The largest absolute Gasteiger partial charge is 0.350 e. The van der Waals surface area contributed by atoms with Gasteiger partial charge in [-0.2, -0.15) is 0 Å². The van der Waals surface area contributed by atoms with Crippen molar-refractivity contribution in [1.82, 2.24) is 30.4 Å². The number of aromatic nitrogens is 4. The van der Waals surface area contributed by atoms with Crippen LogP contribution in [0.3, 0.4) is 0 Å². The molecule has 0 bridgehead atoms. The Morgan fingerprint density at radius 3 is 2.52 bits per heavy atom. The molecule has 2 N–H and O–H groups in total. The molecule has 2 heterocycles. The maximum absolute atomic E-state index is 4.60. The van der Waals surface area contributed by atoms with Crippen LogP contribution in [0.5, 0.6) is 0 Å². The van der Waals surface area contributed by atoms with Gasteiger partial charge in [-0.15, -0.1) is 45.5 Å². The van der Waals surface area contributed by atoms with E-state index in [9.17, 15) is 0 Å². The molecular weight excluding hydrogens is 425 g/mol. The van der Waals surface area contributed by atoms with Crippen LogP contribution in [-0.4, -0.2) is 32.8 Å². The van der Waals surface area contributed by atoms with Gasteiger partial charge in [-0.3, -0.25) is 4.99 Å². The number of thiazole rings is 1. The summed E-state index contributed by atoms with van der Waals surface area (Å²) in [6, 6.07) is 0. The molecule has 23 heavy (non-hydrogen) atoms. The number of halogens is 1. The van der Waals surface area contributed by atoms with Crippen LogP contribution in [0.15, 0.2) is 10.4 Å². The number of aryl methyl sites for hydroxylation is 1. The van der Waals surface area contributed by atoms with E-state index in [1.807, 2.05) is 18.5 Å². The number of rotatable bonds is 5. The minimum Gasteiger partial charge on any atom is -0.350 e. The lowest BCUT2D eigenvalue weighted by atomic mass is 10.2. The van der Waals surface area contributed by atoms with E-state index in [4.69, 9.17) is 0 Å². The summed E-state index contributed by atoms with van der Waals surface area (Å²) in [5.41, 5.74) is 1.14. The second-order valence-electron chi connectivity index (χ2n) is 5.32. The SMILES string of the molecule is CN=C(NCc1nc(C(C)C)cs1)NCc1nnc(C)n1C.I. The molecule has 128 valence electrons. The molecule has 2 aromatic heterocycles. The van der Waals surface area contributed by atoms with Crippen molar-refractivity contribution in [2.75, 3.05) is 7.05 Å². The molecule has 0 aliphatic rings. The van der Waals surface area contributed by atoms with Crippen molar-refractivity contribution in [3.05, 3.63) is 27.7 Å². The fourth-order valence-corrected chi connectivity index (χ4v) is 2.71. The first kappa shape index (κ1) is 19.8. The standard InChI is InChI=1S/C14H23N7S.HI/c1-9(2)11-8-22-13(18-11)7-17-14(15-4)16-6-12-20-19-10(3)21(12)5;/h8-9H,6-7H2,1-5H3,(H2,15,16,17);1H. The second kappa shape index (κ2) is 9.16. The summed E-state index contributed by atoms with van der Waals surface area (Å²) < 4.78 is 1.95. The van der Waals surface area contributed by atoms with Crippen molar-refractivity contribution in [3.63, 3.8) is 0 Å². The molecule has 2 aromatic rings. The highest BCUT2D eigenvalue weighted by Crippen LogP contribution is 2.17. The first-order valence-electron chi connectivity index (χ1n) is 7.25. The van der Waals surface area contributed by atoms with Crippen LogP contribution in [-0.2, 0) is 20.1 Å². The summed E-state index contributed by atoms with van der Waals surface area (Å²) >= 11 is 1.67. The van der Waals surface area contributed by atoms with Gasteiger partial charge in [0.05, 0.1) is 18.8 Å². The third-order valence-corrected chi connectivity index (χ3v) is 4.26. The molecule has 0 fully saturated rings. The predicted octanol–water partition coefficient (Wildman–Crippen LogP) is 2.19. The van der Waals surface area contributed by atoms with E-state index in [2.05, 4.69) is 50.0 Å². The van der Waals surface area contributed by atoms with E-state index in [-0.39, 0.29) is 24.0 Å². The Morgan fingerprint density at radius 2 is 2.00 bits per heavy atom. The Hall–Kier alpha value is -1.23. The highest BCUT2D eigenvalue weighted by Gasteiger charge is 2.08. The molecule has 7 nitrogen and oxygen atoms in total. The topological polar surface area (TPSA) is 80.0 Å². The molecule has 0 atom stereocenters. The molecule has 0 spiro atoms. The molecule has 0 saturated heterocycles. The molecular formula is C14H24IN7S. The molecule has 0 saturated carbocycles. The first-order chi connectivity index (χ1) is 10.5. The maximum Gasteiger partial charge on any atom is 0.191 e. The van der Waals surface area contributed by atoms with Gasteiger partial charge in [0.15, 0.2) is 11.8 Å². The van der Waals surface area contributed by atoms with E-state index in [0.29, 0.717) is 19.0 Å². The number of hydrogen-bond donors (Lipinski definition) is 2. The van der Waals surface area contributed by atoms with Gasteiger partial charge in [0.25, 0.3) is 0 Å². The molecule has 0 amide bonds. The lowest BCUT2D eigenvalue weighted by Crippen LogP contribution is -2.36. The zero-order chi connectivity index (χ0) is 16.1. The third-order valence-electron chi connectivity index (χ3n) is 3.39. The average Bonchev–Trinajstić information content (AvgIpc) is 3.09. The van der Waals surface area contributed by atoms with Crippen LogP contribution >= 0.6 is 35.3 Å². The third kappa shape index (κ3) is 5.41. The Bertz CT molecular complexity index is 647. The molecule has 0 radical (unpaired) electrons. The quantitative estimate of drug-likeness (QED) is 0.416. The summed E-state index contributed by atoms with van der Waals surface area (Å²) in [5.74, 6) is 2.95. The van der Waals surface area contributed by atoms with E-state index in [0.717, 1.165) is 28.3 Å². The van der Waals surface area contributed by atoms with E-state index >= 15 is 0 Å². The van der Waals surface area contributed by atoms with Crippen molar-refractivity contribution in [2.45, 2.75) is 39.8 Å². The minimum atomic E-state index is 0. The molecule has 9 heteroatoms. The molecule has 0 aliphatic carbocycles. The lowest BCUT2D eigenvalue weighted by Gasteiger charge is -2.10. The fourth-order valence-electron chi connectivity index (χ4n) is 1.82. The van der Waals surface area contributed by atoms with Crippen molar-refractivity contribution in [3.8, 4) is 0 Å². The number of nitrogens with zero attached hydrogens (tertiary/aromatic N) is 5. The average molecular weight is 449 g/mol. The Labute approximate surface area is 158 Å². The normalized spacial score (nSPS) is 11.5. The van der Waals surface area contributed by atoms with Crippen molar-refractivity contribution in [2.24, 2.45) is 12.0 Å². The summed E-state index contributed by atoms with van der Waals surface area (Å²) in [5, 5.41) is 17.8. The molecule has 0 aromatic carbocycles. The van der Waals surface area contributed by atoms with E-state index in [1.54, 1.807) is 18.4 Å². The summed E-state index contributed by atoms with van der Waals surface area (Å²) in [6.45, 7) is 7.46.